The SMILES string of the molecule is NC(N)=NCC(=CC(=O)O)C(CCC(CCCC(N)CCCCCCO)c1ccc2ccccc2c1)[N-]c1ccc[nH]1. The molecule has 0 spiro atoms. The number of guanidine groups is 1. The number of hydrogen-bond donors (Lipinski definition) is 6. The number of unbranched alkanes of at least 4 members (excludes halogenated alkanes) is 3. The van der Waals surface area contributed by atoms with Crippen molar-refractivity contribution in [2.45, 2.75) is 82.2 Å². The standard InChI is InChI=1S/C33H47N6O3/c34-29(12-3-1-2-6-20-40)13-7-11-25(27-16-15-24-9-4-5-10-26(24)21-27)17-18-30(39-31-14-8-19-37-31)28(22-32(41)42)23-38-33(35)36/h4-5,8-10,14-16,19,21-22,25,29-30,37,40H,1-3,6-7,11-13,17-18,20,23,34H2,(H,41,42)(H4,35,36,38)/q-1. The number of benzene rings is 2. The van der Waals surface area contributed by atoms with Crippen LogP contribution < -0.4 is 17.2 Å². The molecule has 2 aromatic carbocycles. The van der Waals surface area contributed by atoms with Gasteiger partial charge in [0.25, 0.3) is 0 Å². The summed E-state index contributed by atoms with van der Waals surface area (Å²) in [5.74, 6) is -0.224. The second-order valence-corrected chi connectivity index (χ2v) is 11.0. The third-order valence-electron chi connectivity index (χ3n) is 7.70. The number of nitrogens with zero attached hydrogens (tertiary/aromatic N) is 2. The van der Waals surface area contributed by atoms with Gasteiger partial charge in [0.2, 0.25) is 0 Å². The molecule has 3 unspecified atom stereocenters. The zero-order chi connectivity index (χ0) is 30.2. The highest BCUT2D eigenvalue weighted by Crippen LogP contribution is 2.34. The molecule has 3 aromatic rings. The Kier molecular flexibility index (Phi) is 13.9. The van der Waals surface area contributed by atoms with Crippen LogP contribution in [0.25, 0.3) is 16.1 Å². The average Bonchev–Trinajstić information content (AvgIpc) is 3.49. The molecule has 0 aliphatic heterocycles. The van der Waals surface area contributed by atoms with Gasteiger partial charge in [-0.05, 0) is 72.4 Å². The number of rotatable bonds is 20. The number of aromatic nitrogens is 1. The quantitative estimate of drug-likeness (QED) is 0.0427. The maximum Gasteiger partial charge on any atom is 0.328 e. The number of nitrogens with one attached hydrogen (secondary N) is 1. The molecule has 0 bridgehead atoms. The summed E-state index contributed by atoms with van der Waals surface area (Å²) in [6.45, 7) is 0.320. The van der Waals surface area contributed by atoms with Gasteiger partial charge < -0.3 is 37.7 Å². The predicted molar refractivity (Wildman–Crippen MR) is 172 cm³/mol. The largest absolute Gasteiger partial charge is 0.478 e. The van der Waals surface area contributed by atoms with Crippen LogP contribution >= 0.6 is 0 Å². The van der Waals surface area contributed by atoms with Crippen molar-refractivity contribution in [3.8, 4) is 0 Å². The highest BCUT2D eigenvalue weighted by molar-refractivity contribution is 5.83. The molecular formula is C33H47N6O3-. The lowest BCUT2D eigenvalue weighted by atomic mass is 9.85. The molecule has 42 heavy (non-hydrogen) atoms. The van der Waals surface area contributed by atoms with Crippen molar-refractivity contribution in [3.63, 3.8) is 0 Å². The molecule has 0 amide bonds. The summed E-state index contributed by atoms with van der Waals surface area (Å²) >= 11 is 0. The van der Waals surface area contributed by atoms with E-state index in [0.717, 1.165) is 57.8 Å². The normalized spacial score (nSPS) is 13.9. The first-order chi connectivity index (χ1) is 20.4. The summed E-state index contributed by atoms with van der Waals surface area (Å²) in [6.07, 6.45) is 12.4. The molecule has 0 aliphatic rings. The van der Waals surface area contributed by atoms with Crippen molar-refractivity contribution < 1.29 is 15.0 Å². The number of aliphatic hydroxyl groups is 1. The van der Waals surface area contributed by atoms with Crippen molar-refractivity contribution >= 4 is 28.5 Å². The van der Waals surface area contributed by atoms with Crippen LogP contribution in [0.4, 0.5) is 5.82 Å². The molecule has 9 heteroatoms. The minimum absolute atomic E-state index is 0.0668. The van der Waals surface area contributed by atoms with Crippen LogP contribution in [0.15, 0.2) is 77.4 Å². The second kappa shape index (κ2) is 17.9. The van der Waals surface area contributed by atoms with E-state index in [4.69, 9.17) is 27.6 Å². The fraction of sp³-hybridized carbons (Fsp3) is 0.455. The molecule has 0 fully saturated rings. The van der Waals surface area contributed by atoms with Gasteiger partial charge in [0.05, 0.1) is 6.54 Å². The zero-order valence-electron chi connectivity index (χ0n) is 24.5. The van der Waals surface area contributed by atoms with Gasteiger partial charge in [0, 0.05) is 18.7 Å². The van der Waals surface area contributed by atoms with E-state index in [-0.39, 0.29) is 31.1 Å². The molecule has 0 aliphatic carbocycles. The smallest absolute Gasteiger partial charge is 0.328 e. The Bertz CT molecular complexity index is 1270. The third-order valence-corrected chi connectivity index (χ3v) is 7.70. The first-order valence-corrected chi connectivity index (χ1v) is 15.0. The Labute approximate surface area is 249 Å². The topological polar surface area (TPSA) is 178 Å². The van der Waals surface area contributed by atoms with E-state index in [1.807, 2.05) is 18.2 Å². The second-order valence-electron chi connectivity index (χ2n) is 11.0. The van der Waals surface area contributed by atoms with E-state index in [1.54, 1.807) is 6.20 Å². The number of carboxylic acids is 1. The summed E-state index contributed by atoms with van der Waals surface area (Å²) in [6, 6.07) is 18.5. The van der Waals surface area contributed by atoms with Gasteiger partial charge in [0.1, 0.15) is 0 Å². The predicted octanol–water partition coefficient (Wildman–Crippen LogP) is 5.83. The number of aliphatic imine (C=N–C) groups is 1. The van der Waals surface area contributed by atoms with Crippen molar-refractivity contribution in [1.29, 1.82) is 0 Å². The van der Waals surface area contributed by atoms with Gasteiger partial charge in [0.15, 0.2) is 5.96 Å². The van der Waals surface area contributed by atoms with Crippen molar-refractivity contribution in [2.75, 3.05) is 13.2 Å². The number of hydrogen-bond acceptors (Lipinski definition) is 4. The zero-order valence-corrected chi connectivity index (χ0v) is 24.5. The minimum Gasteiger partial charge on any atom is -0.478 e. The first kappa shape index (κ1) is 32.7. The Balaban J connectivity index is 1.76. The van der Waals surface area contributed by atoms with Crippen LogP contribution in [0.1, 0.15) is 75.7 Å². The Morgan fingerprint density at radius 1 is 0.905 bits per heavy atom. The van der Waals surface area contributed by atoms with Gasteiger partial charge in [-0.1, -0.05) is 92.3 Å². The van der Waals surface area contributed by atoms with E-state index < -0.39 is 12.0 Å². The van der Waals surface area contributed by atoms with E-state index in [9.17, 15) is 9.90 Å². The van der Waals surface area contributed by atoms with E-state index in [0.29, 0.717) is 17.8 Å². The summed E-state index contributed by atoms with van der Waals surface area (Å²) in [5, 5.41) is 25.8. The van der Waals surface area contributed by atoms with Crippen LogP contribution in [0.5, 0.6) is 0 Å². The summed E-state index contributed by atoms with van der Waals surface area (Å²) in [4.78, 5) is 18.9. The highest BCUT2D eigenvalue weighted by atomic mass is 16.4. The van der Waals surface area contributed by atoms with Crippen molar-refractivity contribution in [2.24, 2.45) is 22.2 Å². The summed E-state index contributed by atoms with van der Waals surface area (Å²) in [7, 11) is 0. The molecule has 0 radical (unpaired) electrons. The molecule has 1 heterocycles. The molecule has 9 N–H and O–H groups in total. The average molecular weight is 576 g/mol. The Morgan fingerprint density at radius 3 is 2.38 bits per heavy atom. The van der Waals surface area contributed by atoms with Crippen molar-refractivity contribution in [1.82, 2.24) is 4.98 Å². The van der Waals surface area contributed by atoms with Gasteiger partial charge in [-0.3, -0.25) is 0 Å². The molecule has 3 atom stereocenters. The lowest BCUT2D eigenvalue weighted by Gasteiger charge is -2.29. The Morgan fingerprint density at radius 2 is 1.67 bits per heavy atom. The molecule has 228 valence electrons. The number of carbonyl (C=O) groups is 1. The minimum atomic E-state index is -1.06. The highest BCUT2D eigenvalue weighted by Gasteiger charge is 2.18. The Hall–Kier alpha value is -3.82. The van der Waals surface area contributed by atoms with Gasteiger partial charge in [-0.25, -0.2) is 9.79 Å². The van der Waals surface area contributed by atoms with Crippen LogP contribution in [0.3, 0.4) is 0 Å². The molecular weight excluding hydrogens is 528 g/mol. The van der Waals surface area contributed by atoms with Gasteiger partial charge in [-0.2, -0.15) is 0 Å². The van der Waals surface area contributed by atoms with Crippen LogP contribution in [-0.2, 0) is 4.79 Å². The van der Waals surface area contributed by atoms with E-state index >= 15 is 0 Å². The molecule has 3 rings (SSSR count). The van der Waals surface area contributed by atoms with Crippen molar-refractivity contribution in [3.05, 3.63) is 83.3 Å². The number of fused-ring (bicyclic) bond motifs is 1. The molecule has 9 nitrogen and oxygen atoms in total. The number of carboxylic acid groups (broad SMARTS) is 1. The first-order valence-electron chi connectivity index (χ1n) is 15.0. The maximum absolute atomic E-state index is 11.7. The van der Waals surface area contributed by atoms with Gasteiger partial charge >= 0.3 is 5.97 Å². The number of nitrogens with two attached hydrogens (primary N) is 3. The van der Waals surface area contributed by atoms with Gasteiger partial charge in [-0.15, -0.1) is 0 Å². The number of aliphatic hydroxyl groups excluding tert-OH is 1. The monoisotopic (exact) mass is 575 g/mol. The van der Waals surface area contributed by atoms with E-state index in [1.165, 1.54) is 22.4 Å². The van der Waals surface area contributed by atoms with Crippen LogP contribution in [-0.4, -0.2) is 52.4 Å². The lowest BCUT2D eigenvalue weighted by molar-refractivity contribution is -0.131. The molecule has 1 aromatic heterocycles. The third kappa shape index (κ3) is 11.6. The molecule has 0 saturated carbocycles. The number of H-pyrrole nitrogens is 1. The number of aliphatic carboxylic acids is 1. The number of aromatic amines is 1. The summed E-state index contributed by atoms with van der Waals surface area (Å²) in [5.41, 5.74) is 19.4. The lowest BCUT2D eigenvalue weighted by Crippen LogP contribution is -2.24. The fourth-order valence-corrected chi connectivity index (χ4v) is 5.43. The summed E-state index contributed by atoms with van der Waals surface area (Å²) < 4.78 is 0. The molecule has 0 saturated heterocycles. The van der Waals surface area contributed by atoms with Crippen LogP contribution in [0.2, 0.25) is 0 Å². The fourth-order valence-electron chi connectivity index (χ4n) is 5.43. The van der Waals surface area contributed by atoms with E-state index in [2.05, 4.69) is 46.4 Å². The van der Waals surface area contributed by atoms with Crippen LogP contribution in [0, 0.1) is 0 Å². The maximum atomic E-state index is 11.7.